The summed E-state index contributed by atoms with van der Waals surface area (Å²) in [5, 5.41) is 3.45. The minimum atomic E-state index is 0.563. The Morgan fingerprint density at radius 3 is 2.55 bits per heavy atom. The Balaban J connectivity index is 1.76. The summed E-state index contributed by atoms with van der Waals surface area (Å²) < 4.78 is 0. The van der Waals surface area contributed by atoms with Crippen LogP contribution in [-0.4, -0.2) is 16.0 Å². The van der Waals surface area contributed by atoms with Gasteiger partial charge in [0.05, 0.1) is 12.2 Å². The van der Waals surface area contributed by atoms with E-state index in [1.165, 1.54) is 18.4 Å². The SMILES string of the molecule is CC(C)c1ccc(-c2ccnc(CNC3CC3)n2)cc1. The molecule has 0 radical (unpaired) electrons. The van der Waals surface area contributed by atoms with Gasteiger partial charge >= 0.3 is 0 Å². The Morgan fingerprint density at radius 2 is 1.90 bits per heavy atom. The zero-order valence-corrected chi connectivity index (χ0v) is 12.1. The maximum atomic E-state index is 4.64. The van der Waals surface area contributed by atoms with Crippen LogP contribution in [-0.2, 0) is 6.54 Å². The van der Waals surface area contributed by atoms with Crippen molar-refractivity contribution < 1.29 is 0 Å². The van der Waals surface area contributed by atoms with Gasteiger partial charge in [-0.3, -0.25) is 0 Å². The molecule has 0 bridgehead atoms. The molecule has 3 rings (SSSR count). The first kappa shape index (κ1) is 13.3. The maximum absolute atomic E-state index is 4.64. The van der Waals surface area contributed by atoms with E-state index in [2.05, 4.69) is 53.4 Å². The molecule has 1 aliphatic rings. The van der Waals surface area contributed by atoms with Gasteiger partial charge in [0.25, 0.3) is 0 Å². The molecule has 1 aromatic heterocycles. The van der Waals surface area contributed by atoms with Gasteiger partial charge in [0, 0.05) is 17.8 Å². The molecule has 0 aliphatic heterocycles. The van der Waals surface area contributed by atoms with Gasteiger partial charge in [-0.1, -0.05) is 38.1 Å². The lowest BCUT2D eigenvalue weighted by molar-refractivity contribution is 0.658. The molecule has 20 heavy (non-hydrogen) atoms. The van der Waals surface area contributed by atoms with E-state index in [0.29, 0.717) is 12.0 Å². The zero-order valence-electron chi connectivity index (χ0n) is 12.1. The Morgan fingerprint density at radius 1 is 1.15 bits per heavy atom. The Hall–Kier alpha value is -1.74. The van der Waals surface area contributed by atoms with Crippen LogP contribution in [0.25, 0.3) is 11.3 Å². The van der Waals surface area contributed by atoms with E-state index in [9.17, 15) is 0 Å². The second-order valence-electron chi connectivity index (χ2n) is 5.79. The quantitative estimate of drug-likeness (QED) is 0.900. The maximum Gasteiger partial charge on any atom is 0.142 e. The summed E-state index contributed by atoms with van der Waals surface area (Å²) in [7, 11) is 0. The van der Waals surface area contributed by atoms with E-state index >= 15 is 0 Å². The van der Waals surface area contributed by atoms with E-state index in [0.717, 1.165) is 23.6 Å². The number of nitrogens with one attached hydrogen (secondary N) is 1. The highest BCUT2D eigenvalue weighted by molar-refractivity contribution is 5.59. The molecule has 0 spiro atoms. The van der Waals surface area contributed by atoms with Crippen molar-refractivity contribution in [3.8, 4) is 11.3 Å². The molecule has 0 amide bonds. The summed E-state index contributed by atoms with van der Waals surface area (Å²) in [5.41, 5.74) is 3.52. The highest BCUT2D eigenvalue weighted by atomic mass is 15.0. The third-order valence-electron chi connectivity index (χ3n) is 3.70. The van der Waals surface area contributed by atoms with Gasteiger partial charge in [-0.2, -0.15) is 0 Å². The molecule has 1 fully saturated rings. The first-order chi connectivity index (χ1) is 9.72. The number of nitrogens with zero attached hydrogens (tertiary/aromatic N) is 2. The number of rotatable bonds is 5. The van der Waals surface area contributed by atoms with Crippen LogP contribution < -0.4 is 5.32 Å². The average Bonchev–Trinajstić information content (AvgIpc) is 3.30. The average molecular weight is 267 g/mol. The summed E-state index contributed by atoms with van der Waals surface area (Å²) in [6, 6.07) is 11.3. The number of aromatic nitrogens is 2. The van der Waals surface area contributed by atoms with Crippen molar-refractivity contribution in [3.63, 3.8) is 0 Å². The van der Waals surface area contributed by atoms with Crippen LogP contribution >= 0.6 is 0 Å². The van der Waals surface area contributed by atoms with Crippen LogP contribution in [0.15, 0.2) is 36.5 Å². The molecule has 1 aliphatic carbocycles. The molecule has 3 heteroatoms. The van der Waals surface area contributed by atoms with Crippen molar-refractivity contribution in [1.82, 2.24) is 15.3 Å². The predicted octanol–water partition coefficient (Wildman–Crippen LogP) is 3.52. The molecule has 1 heterocycles. The number of hydrogen-bond donors (Lipinski definition) is 1. The third kappa shape index (κ3) is 3.23. The molecular weight excluding hydrogens is 246 g/mol. The van der Waals surface area contributed by atoms with Crippen molar-refractivity contribution in [2.45, 2.75) is 45.2 Å². The zero-order chi connectivity index (χ0) is 13.9. The van der Waals surface area contributed by atoms with E-state index in [1.807, 2.05) is 12.3 Å². The Labute approximate surface area is 120 Å². The van der Waals surface area contributed by atoms with Crippen LogP contribution in [0, 0.1) is 0 Å². The fraction of sp³-hybridized carbons (Fsp3) is 0.412. The van der Waals surface area contributed by atoms with Crippen LogP contribution in [0.1, 0.15) is 44.0 Å². The van der Waals surface area contributed by atoms with E-state index in [4.69, 9.17) is 0 Å². The van der Waals surface area contributed by atoms with Crippen molar-refractivity contribution in [1.29, 1.82) is 0 Å². The van der Waals surface area contributed by atoms with Crippen LogP contribution in [0.5, 0.6) is 0 Å². The van der Waals surface area contributed by atoms with E-state index < -0.39 is 0 Å². The van der Waals surface area contributed by atoms with Gasteiger partial charge in [-0.05, 0) is 30.4 Å². The molecular formula is C17H21N3. The second kappa shape index (κ2) is 5.71. The lowest BCUT2D eigenvalue weighted by atomic mass is 10.0. The predicted molar refractivity (Wildman–Crippen MR) is 81.4 cm³/mol. The smallest absolute Gasteiger partial charge is 0.142 e. The van der Waals surface area contributed by atoms with E-state index in [1.54, 1.807) is 0 Å². The second-order valence-corrected chi connectivity index (χ2v) is 5.79. The number of hydrogen-bond acceptors (Lipinski definition) is 3. The van der Waals surface area contributed by atoms with Crippen molar-refractivity contribution in [3.05, 3.63) is 47.9 Å². The fourth-order valence-corrected chi connectivity index (χ4v) is 2.21. The Kier molecular flexibility index (Phi) is 3.79. The van der Waals surface area contributed by atoms with Crippen molar-refractivity contribution >= 4 is 0 Å². The summed E-state index contributed by atoms with van der Waals surface area (Å²) >= 11 is 0. The Bertz CT molecular complexity index is 571. The minimum Gasteiger partial charge on any atom is -0.307 e. The van der Waals surface area contributed by atoms with Crippen LogP contribution in [0.3, 0.4) is 0 Å². The molecule has 1 aromatic carbocycles. The largest absolute Gasteiger partial charge is 0.307 e. The summed E-state index contributed by atoms with van der Waals surface area (Å²) in [5.74, 6) is 1.44. The number of benzene rings is 1. The fourth-order valence-electron chi connectivity index (χ4n) is 2.21. The van der Waals surface area contributed by atoms with Gasteiger partial charge in [-0.25, -0.2) is 9.97 Å². The third-order valence-corrected chi connectivity index (χ3v) is 3.70. The molecule has 1 N–H and O–H groups in total. The molecule has 1 saturated carbocycles. The normalized spacial score (nSPS) is 14.8. The van der Waals surface area contributed by atoms with Crippen molar-refractivity contribution in [2.75, 3.05) is 0 Å². The van der Waals surface area contributed by atoms with Gasteiger partial charge < -0.3 is 5.32 Å². The van der Waals surface area contributed by atoms with Gasteiger partial charge in [0.15, 0.2) is 0 Å². The highest BCUT2D eigenvalue weighted by Crippen LogP contribution is 2.22. The standard InChI is InChI=1S/C17H21N3/c1-12(2)13-3-5-14(6-4-13)16-9-10-18-17(20-16)11-19-15-7-8-15/h3-6,9-10,12,15,19H,7-8,11H2,1-2H3. The van der Waals surface area contributed by atoms with Gasteiger partial charge in [0.1, 0.15) is 5.82 Å². The van der Waals surface area contributed by atoms with Crippen LogP contribution in [0.4, 0.5) is 0 Å². The van der Waals surface area contributed by atoms with Crippen LogP contribution in [0.2, 0.25) is 0 Å². The molecule has 0 saturated heterocycles. The van der Waals surface area contributed by atoms with E-state index in [-0.39, 0.29) is 0 Å². The summed E-state index contributed by atoms with van der Waals surface area (Å²) in [4.78, 5) is 8.98. The molecule has 2 aromatic rings. The van der Waals surface area contributed by atoms with Gasteiger partial charge in [-0.15, -0.1) is 0 Å². The minimum absolute atomic E-state index is 0.563. The lowest BCUT2D eigenvalue weighted by Crippen LogP contribution is -2.17. The van der Waals surface area contributed by atoms with Crippen molar-refractivity contribution in [2.24, 2.45) is 0 Å². The molecule has 3 nitrogen and oxygen atoms in total. The summed E-state index contributed by atoms with van der Waals surface area (Å²) in [6.07, 6.45) is 4.43. The first-order valence-corrected chi connectivity index (χ1v) is 7.38. The highest BCUT2D eigenvalue weighted by Gasteiger charge is 2.20. The molecule has 104 valence electrons. The molecule has 0 atom stereocenters. The van der Waals surface area contributed by atoms with Gasteiger partial charge in [0.2, 0.25) is 0 Å². The lowest BCUT2D eigenvalue weighted by Gasteiger charge is -2.08. The summed E-state index contributed by atoms with van der Waals surface area (Å²) in [6.45, 7) is 5.19. The monoisotopic (exact) mass is 267 g/mol. The topological polar surface area (TPSA) is 37.8 Å². The first-order valence-electron chi connectivity index (χ1n) is 7.38. The molecule has 0 unspecified atom stereocenters.